The van der Waals surface area contributed by atoms with Gasteiger partial charge in [-0.25, -0.2) is 4.98 Å². The van der Waals surface area contributed by atoms with Crippen molar-refractivity contribution >= 4 is 0 Å². The van der Waals surface area contributed by atoms with E-state index in [9.17, 15) is 13.2 Å². The fourth-order valence-electron chi connectivity index (χ4n) is 1.92. The molecule has 1 aromatic carbocycles. The van der Waals surface area contributed by atoms with E-state index in [0.717, 1.165) is 12.1 Å². The molecule has 0 fully saturated rings. The highest BCUT2D eigenvalue weighted by Gasteiger charge is 2.30. The fraction of sp³-hybridized carbons (Fsp3) is 0.133. The number of rotatable bonds is 3. The summed E-state index contributed by atoms with van der Waals surface area (Å²) in [7, 11) is 1.47. The van der Waals surface area contributed by atoms with Crippen LogP contribution in [0.1, 0.15) is 5.56 Å². The van der Waals surface area contributed by atoms with Crippen LogP contribution < -0.4 is 4.74 Å². The summed E-state index contributed by atoms with van der Waals surface area (Å²) in [6.45, 7) is 0. The average Bonchev–Trinajstić information content (AvgIpc) is 3.04. The zero-order chi connectivity index (χ0) is 16.4. The maximum Gasteiger partial charge on any atom is 0.416 e. The predicted molar refractivity (Wildman–Crippen MR) is 74.5 cm³/mol. The third-order valence-corrected chi connectivity index (χ3v) is 3.01. The number of benzene rings is 1. The van der Waals surface area contributed by atoms with Gasteiger partial charge in [-0.3, -0.25) is 0 Å². The molecule has 0 radical (unpaired) electrons. The van der Waals surface area contributed by atoms with Gasteiger partial charge in [-0.1, -0.05) is 12.1 Å². The molecule has 0 saturated heterocycles. The molecular weight excluding hydrogens is 311 g/mol. The van der Waals surface area contributed by atoms with Crippen LogP contribution in [0.3, 0.4) is 0 Å². The zero-order valence-corrected chi connectivity index (χ0v) is 11.8. The van der Waals surface area contributed by atoms with E-state index in [2.05, 4.69) is 15.2 Å². The summed E-state index contributed by atoms with van der Waals surface area (Å²) < 4.78 is 48.7. The molecule has 0 aliphatic heterocycles. The topological polar surface area (TPSA) is 61.0 Å². The lowest BCUT2D eigenvalue weighted by Gasteiger charge is -2.06. The molecule has 8 heteroatoms. The fourth-order valence-corrected chi connectivity index (χ4v) is 1.92. The van der Waals surface area contributed by atoms with E-state index < -0.39 is 11.7 Å². The van der Waals surface area contributed by atoms with Crippen LogP contribution in [0.4, 0.5) is 13.2 Å². The van der Waals surface area contributed by atoms with E-state index >= 15 is 0 Å². The number of halogens is 3. The summed E-state index contributed by atoms with van der Waals surface area (Å²) >= 11 is 0. The maximum atomic E-state index is 12.7. The maximum absolute atomic E-state index is 12.7. The molecule has 0 spiro atoms. The summed E-state index contributed by atoms with van der Waals surface area (Å²) in [6, 6.07) is 9.65. The highest BCUT2D eigenvalue weighted by atomic mass is 19.4. The lowest BCUT2D eigenvalue weighted by atomic mass is 10.1. The SMILES string of the molecule is COc1cccc(-c2nnc(-c3cccc(C(F)(F)F)c3)o2)n1. The van der Waals surface area contributed by atoms with Gasteiger partial charge in [0.05, 0.1) is 12.7 Å². The molecule has 23 heavy (non-hydrogen) atoms. The first-order chi connectivity index (χ1) is 11.0. The summed E-state index contributed by atoms with van der Waals surface area (Å²) in [6.07, 6.45) is -4.44. The number of pyridine rings is 1. The van der Waals surface area contributed by atoms with Crippen LogP contribution >= 0.6 is 0 Å². The molecule has 0 aliphatic carbocycles. The van der Waals surface area contributed by atoms with Crippen molar-refractivity contribution in [3.8, 4) is 28.9 Å². The molecular formula is C15H10F3N3O2. The highest BCUT2D eigenvalue weighted by molar-refractivity contribution is 5.57. The monoisotopic (exact) mass is 321 g/mol. The molecule has 3 rings (SSSR count). The van der Waals surface area contributed by atoms with Crippen molar-refractivity contribution in [1.29, 1.82) is 0 Å². The minimum atomic E-state index is -4.44. The first kappa shape index (κ1) is 15.0. The van der Waals surface area contributed by atoms with Crippen LogP contribution in [0.15, 0.2) is 46.9 Å². The average molecular weight is 321 g/mol. The molecule has 2 aromatic heterocycles. The Hall–Kier alpha value is -2.90. The quantitative estimate of drug-likeness (QED) is 0.734. The van der Waals surface area contributed by atoms with Gasteiger partial charge in [0, 0.05) is 11.6 Å². The van der Waals surface area contributed by atoms with Crippen LogP contribution in [-0.4, -0.2) is 22.3 Å². The Bertz CT molecular complexity index is 831. The molecule has 0 atom stereocenters. The largest absolute Gasteiger partial charge is 0.481 e. The molecule has 0 amide bonds. The Labute approximate surface area is 128 Å². The molecule has 0 N–H and O–H groups in total. The Morgan fingerprint density at radius 3 is 2.48 bits per heavy atom. The highest BCUT2D eigenvalue weighted by Crippen LogP contribution is 2.32. The van der Waals surface area contributed by atoms with Gasteiger partial charge in [-0.05, 0) is 24.3 Å². The Balaban J connectivity index is 1.96. The van der Waals surface area contributed by atoms with Crippen LogP contribution in [0, 0.1) is 0 Å². The number of aromatic nitrogens is 3. The Morgan fingerprint density at radius 1 is 1.00 bits per heavy atom. The molecule has 0 saturated carbocycles. The number of methoxy groups -OCH3 is 1. The van der Waals surface area contributed by atoms with Crippen molar-refractivity contribution in [3.05, 3.63) is 48.0 Å². The number of ether oxygens (including phenoxy) is 1. The molecule has 2 heterocycles. The van der Waals surface area contributed by atoms with Crippen molar-refractivity contribution in [1.82, 2.24) is 15.2 Å². The molecule has 0 bridgehead atoms. The molecule has 0 aliphatic rings. The third-order valence-electron chi connectivity index (χ3n) is 3.01. The van der Waals surface area contributed by atoms with Crippen molar-refractivity contribution < 1.29 is 22.3 Å². The Morgan fingerprint density at radius 2 is 1.74 bits per heavy atom. The number of hydrogen-bond acceptors (Lipinski definition) is 5. The van der Waals surface area contributed by atoms with E-state index in [1.54, 1.807) is 18.2 Å². The molecule has 0 unspecified atom stereocenters. The predicted octanol–water partition coefficient (Wildman–Crippen LogP) is 3.83. The normalized spacial score (nSPS) is 11.5. The van der Waals surface area contributed by atoms with Crippen molar-refractivity contribution in [2.75, 3.05) is 7.11 Å². The second-order valence-corrected chi connectivity index (χ2v) is 4.56. The molecule has 3 aromatic rings. The van der Waals surface area contributed by atoms with Crippen LogP contribution in [-0.2, 0) is 6.18 Å². The van der Waals surface area contributed by atoms with Gasteiger partial charge in [0.15, 0.2) is 0 Å². The lowest BCUT2D eigenvalue weighted by molar-refractivity contribution is -0.137. The van der Waals surface area contributed by atoms with Crippen molar-refractivity contribution in [2.45, 2.75) is 6.18 Å². The van der Waals surface area contributed by atoms with Gasteiger partial charge in [0.2, 0.25) is 11.8 Å². The van der Waals surface area contributed by atoms with Gasteiger partial charge >= 0.3 is 6.18 Å². The van der Waals surface area contributed by atoms with E-state index in [0.29, 0.717) is 11.6 Å². The minimum Gasteiger partial charge on any atom is -0.481 e. The van der Waals surface area contributed by atoms with Crippen LogP contribution in [0.25, 0.3) is 23.0 Å². The summed E-state index contributed by atoms with van der Waals surface area (Å²) in [4.78, 5) is 4.13. The summed E-state index contributed by atoms with van der Waals surface area (Å²) in [5, 5.41) is 7.59. The minimum absolute atomic E-state index is 0.0179. The first-order valence-corrected chi connectivity index (χ1v) is 6.50. The second-order valence-electron chi connectivity index (χ2n) is 4.56. The lowest BCUT2D eigenvalue weighted by Crippen LogP contribution is -2.04. The van der Waals surface area contributed by atoms with Crippen LogP contribution in [0.2, 0.25) is 0 Å². The van der Waals surface area contributed by atoms with E-state index in [-0.39, 0.29) is 17.3 Å². The van der Waals surface area contributed by atoms with Crippen LogP contribution in [0.5, 0.6) is 5.88 Å². The Kier molecular flexibility index (Phi) is 3.73. The summed E-state index contributed by atoms with van der Waals surface area (Å²) in [5.74, 6) is 0.438. The van der Waals surface area contributed by atoms with E-state index in [1.807, 2.05) is 0 Å². The second kappa shape index (κ2) is 5.71. The van der Waals surface area contributed by atoms with Gasteiger partial charge in [0.1, 0.15) is 5.69 Å². The zero-order valence-electron chi connectivity index (χ0n) is 11.8. The third kappa shape index (κ3) is 3.15. The smallest absolute Gasteiger partial charge is 0.416 e. The molecule has 5 nitrogen and oxygen atoms in total. The van der Waals surface area contributed by atoms with E-state index in [4.69, 9.17) is 9.15 Å². The van der Waals surface area contributed by atoms with Crippen molar-refractivity contribution in [2.24, 2.45) is 0 Å². The van der Waals surface area contributed by atoms with Gasteiger partial charge in [0.25, 0.3) is 5.89 Å². The molecule has 118 valence electrons. The first-order valence-electron chi connectivity index (χ1n) is 6.50. The standard InChI is InChI=1S/C15H10F3N3O2/c1-22-12-7-3-6-11(19-12)14-21-20-13(23-14)9-4-2-5-10(8-9)15(16,17)18/h2-8H,1H3. The number of hydrogen-bond donors (Lipinski definition) is 0. The summed E-state index contributed by atoms with van der Waals surface area (Å²) in [5.41, 5.74) is -0.231. The van der Waals surface area contributed by atoms with E-state index in [1.165, 1.54) is 19.2 Å². The van der Waals surface area contributed by atoms with Crippen molar-refractivity contribution in [3.63, 3.8) is 0 Å². The van der Waals surface area contributed by atoms with Gasteiger partial charge < -0.3 is 9.15 Å². The number of nitrogens with zero attached hydrogens (tertiary/aromatic N) is 3. The van der Waals surface area contributed by atoms with Gasteiger partial charge in [-0.15, -0.1) is 10.2 Å². The van der Waals surface area contributed by atoms with Gasteiger partial charge in [-0.2, -0.15) is 13.2 Å². The number of alkyl halides is 3.